The molecule has 1 aliphatic rings. The normalized spacial score (nSPS) is 12.5. The number of hydrogen-bond donors (Lipinski definition) is 2. The monoisotopic (exact) mass is 408 g/mol. The fraction of sp³-hybridized carbons (Fsp3) is 0.130. The van der Waals surface area contributed by atoms with Crippen molar-refractivity contribution in [2.24, 2.45) is 0 Å². The molecule has 0 saturated carbocycles. The van der Waals surface area contributed by atoms with Gasteiger partial charge in [0, 0.05) is 16.7 Å². The van der Waals surface area contributed by atoms with Crippen LogP contribution in [0.5, 0.6) is 17.2 Å². The number of phenols is 2. The number of ether oxygens (including phenoxy) is 1. The van der Waals surface area contributed by atoms with Gasteiger partial charge in [-0.05, 0) is 48.4 Å². The molecule has 0 atom stereocenters. The van der Waals surface area contributed by atoms with E-state index >= 15 is 0 Å². The van der Waals surface area contributed by atoms with Crippen LogP contribution >= 0.6 is 11.6 Å². The van der Waals surface area contributed by atoms with E-state index in [4.69, 9.17) is 16.3 Å². The predicted octanol–water partition coefficient (Wildman–Crippen LogP) is 4.98. The van der Waals surface area contributed by atoms with Crippen molar-refractivity contribution in [1.82, 2.24) is 0 Å². The van der Waals surface area contributed by atoms with Crippen LogP contribution in [-0.4, -0.2) is 28.4 Å². The third-order valence-corrected chi connectivity index (χ3v) is 5.19. The third-order valence-electron chi connectivity index (χ3n) is 4.89. The van der Waals surface area contributed by atoms with Crippen LogP contribution in [0.15, 0.2) is 48.5 Å². The SMILES string of the molecule is CCCOc1ccc(-c2ccc3c(c2O)C(=O)c2ccc(Cl)c(O)c2C3=O)cc1. The van der Waals surface area contributed by atoms with E-state index in [1.54, 1.807) is 30.3 Å². The first kappa shape index (κ1) is 19.0. The van der Waals surface area contributed by atoms with E-state index in [9.17, 15) is 19.8 Å². The quantitative estimate of drug-likeness (QED) is 0.497. The lowest BCUT2D eigenvalue weighted by Gasteiger charge is -2.21. The molecule has 0 unspecified atom stereocenters. The van der Waals surface area contributed by atoms with Crippen molar-refractivity contribution in [3.05, 3.63) is 75.8 Å². The Kier molecular flexibility index (Phi) is 4.76. The lowest BCUT2D eigenvalue weighted by atomic mass is 9.81. The van der Waals surface area contributed by atoms with Gasteiger partial charge in [0.2, 0.25) is 0 Å². The first-order valence-corrected chi connectivity index (χ1v) is 9.52. The minimum Gasteiger partial charge on any atom is -0.507 e. The fourth-order valence-electron chi connectivity index (χ4n) is 3.45. The summed E-state index contributed by atoms with van der Waals surface area (Å²) in [4.78, 5) is 25.9. The average Bonchev–Trinajstić information content (AvgIpc) is 2.72. The molecule has 3 aromatic carbocycles. The van der Waals surface area contributed by atoms with E-state index in [-0.39, 0.29) is 33.0 Å². The summed E-state index contributed by atoms with van der Waals surface area (Å²) in [7, 11) is 0. The van der Waals surface area contributed by atoms with E-state index < -0.39 is 17.3 Å². The molecule has 0 fully saturated rings. The van der Waals surface area contributed by atoms with E-state index in [2.05, 4.69) is 0 Å². The molecule has 2 N–H and O–H groups in total. The second-order valence-electron chi connectivity index (χ2n) is 6.73. The van der Waals surface area contributed by atoms with Gasteiger partial charge in [-0.1, -0.05) is 30.7 Å². The second-order valence-corrected chi connectivity index (χ2v) is 7.14. The molecule has 0 radical (unpaired) electrons. The first-order chi connectivity index (χ1) is 13.9. The molecule has 146 valence electrons. The maximum atomic E-state index is 13.0. The number of carbonyl (C=O) groups is 2. The number of carbonyl (C=O) groups excluding carboxylic acids is 2. The Bertz CT molecular complexity index is 1150. The molecule has 0 bridgehead atoms. The molecule has 0 aromatic heterocycles. The summed E-state index contributed by atoms with van der Waals surface area (Å²) in [6, 6.07) is 12.9. The van der Waals surface area contributed by atoms with Gasteiger partial charge in [0.1, 0.15) is 17.2 Å². The highest BCUT2D eigenvalue weighted by Gasteiger charge is 2.35. The molecule has 0 aliphatic heterocycles. The zero-order valence-corrected chi connectivity index (χ0v) is 16.3. The van der Waals surface area contributed by atoms with Gasteiger partial charge >= 0.3 is 0 Å². The van der Waals surface area contributed by atoms with Gasteiger partial charge < -0.3 is 14.9 Å². The molecule has 6 heteroatoms. The average molecular weight is 409 g/mol. The van der Waals surface area contributed by atoms with Crippen molar-refractivity contribution in [1.29, 1.82) is 0 Å². The number of benzene rings is 3. The van der Waals surface area contributed by atoms with Crippen LogP contribution < -0.4 is 4.74 Å². The lowest BCUT2D eigenvalue weighted by molar-refractivity contribution is 0.0974. The molecule has 0 heterocycles. The summed E-state index contributed by atoms with van der Waals surface area (Å²) in [6.07, 6.45) is 0.895. The van der Waals surface area contributed by atoms with Crippen LogP contribution in [0.3, 0.4) is 0 Å². The molecular weight excluding hydrogens is 392 g/mol. The van der Waals surface area contributed by atoms with Gasteiger partial charge in [0.15, 0.2) is 11.6 Å². The zero-order valence-electron chi connectivity index (χ0n) is 15.5. The maximum absolute atomic E-state index is 13.0. The molecule has 29 heavy (non-hydrogen) atoms. The molecule has 5 nitrogen and oxygen atoms in total. The Hall–Kier alpha value is -3.31. The van der Waals surface area contributed by atoms with E-state index in [1.165, 1.54) is 18.2 Å². The van der Waals surface area contributed by atoms with Crippen molar-refractivity contribution in [2.75, 3.05) is 6.61 Å². The number of fused-ring (bicyclic) bond motifs is 2. The lowest BCUT2D eigenvalue weighted by Crippen LogP contribution is -2.21. The third kappa shape index (κ3) is 3.04. The molecular formula is C23H17ClO5. The molecule has 3 aromatic rings. The van der Waals surface area contributed by atoms with Gasteiger partial charge in [-0.15, -0.1) is 0 Å². The van der Waals surface area contributed by atoms with Gasteiger partial charge in [-0.3, -0.25) is 9.59 Å². The Morgan fingerprint density at radius 3 is 1.97 bits per heavy atom. The van der Waals surface area contributed by atoms with Gasteiger partial charge in [-0.25, -0.2) is 0 Å². The number of phenolic OH excluding ortho intramolecular Hbond substituents is 2. The summed E-state index contributed by atoms with van der Waals surface area (Å²) in [5, 5.41) is 21.0. The molecule has 4 rings (SSSR count). The van der Waals surface area contributed by atoms with Crippen molar-refractivity contribution < 1.29 is 24.5 Å². The van der Waals surface area contributed by atoms with Gasteiger partial charge in [0.05, 0.1) is 22.8 Å². The first-order valence-electron chi connectivity index (χ1n) is 9.14. The number of hydrogen-bond acceptors (Lipinski definition) is 5. The summed E-state index contributed by atoms with van der Waals surface area (Å²) in [5.41, 5.74) is 0.935. The standard InChI is InChI=1S/C23H17ClO5/c1-2-11-29-13-5-3-12(4-6-13)14-7-8-15-18(20(14)25)21(26)16-9-10-17(24)23(28)19(16)22(15)27/h3-10,25,28H,2,11H2,1H3. The van der Waals surface area contributed by atoms with Crippen LogP contribution in [0, 0.1) is 0 Å². The Morgan fingerprint density at radius 1 is 0.793 bits per heavy atom. The molecule has 0 spiro atoms. The van der Waals surface area contributed by atoms with Crippen LogP contribution in [0.1, 0.15) is 45.2 Å². The largest absolute Gasteiger partial charge is 0.507 e. The number of halogens is 1. The fourth-order valence-corrected chi connectivity index (χ4v) is 3.61. The van der Waals surface area contributed by atoms with Crippen molar-refractivity contribution in [3.8, 4) is 28.4 Å². The van der Waals surface area contributed by atoms with E-state index in [0.717, 1.165) is 6.42 Å². The second kappa shape index (κ2) is 7.26. The van der Waals surface area contributed by atoms with E-state index in [0.29, 0.717) is 23.5 Å². The summed E-state index contributed by atoms with van der Waals surface area (Å²) < 4.78 is 5.56. The predicted molar refractivity (Wildman–Crippen MR) is 109 cm³/mol. The minimum atomic E-state index is -0.556. The highest BCUT2D eigenvalue weighted by Crippen LogP contribution is 2.42. The highest BCUT2D eigenvalue weighted by molar-refractivity contribution is 6.36. The van der Waals surface area contributed by atoms with Crippen molar-refractivity contribution >= 4 is 23.2 Å². The number of rotatable bonds is 4. The van der Waals surface area contributed by atoms with Gasteiger partial charge in [0.25, 0.3) is 0 Å². The highest BCUT2D eigenvalue weighted by atomic mass is 35.5. The van der Waals surface area contributed by atoms with Crippen molar-refractivity contribution in [3.63, 3.8) is 0 Å². The number of ketones is 2. The van der Waals surface area contributed by atoms with Crippen molar-refractivity contribution in [2.45, 2.75) is 13.3 Å². The van der Waals surface area contributed by atoms with Crippen LogP contribution in [0.25, 0.3) is 11.1 Å². The smallest absolute Gasteiger partial charge is 0.198 e. The Morgan fingerprint density at radius 2 is 1.34 bits per heavy atom. The molecule has 0 amide bonds. The molecule has 1 aliphatic carbocycles. The summed E-state index contributed by atoms with van der Waals surface area (Å²) in [5.74, 6) is -1.09. The maximum Gasteiger partial charge on any atom is 0.198 e. The van der Waals surface area contributed by atoms with Gasteiger partial charge in [-0.2, -0.15) is 0 Å². The van der Waals surface area contributed by atoms with Crippen LogP contribution in [-0.2, 0) is 0 Å². The Balaban J connectivity index is 1.81. The zero-order chi connectivity index (χ0) is 20.7. The van der Waals surface area contributed by atoms with E-state index in [1.807, 2.05) is 6.92 Å². The Labute approximate surface area is 172 Å². The van der Waals surface area contributed by atoms with Crippen LogP contribution in [0.2, 0.25) is 5.02 Å². The summed E-state index contributed by atoms with van der Waals surface area (Å²) in [6.45, 7) is 2.62. The topological polar surface area (TPSA) is 83.8 Å². The number of aromatic hydroxyl groups is 2. The summed E-state index contributed by atoms with van der Waals surface area (Å²) >= 11 is 5.89. The minimum absolute atomic E-state index is 0.0140. The molecule has 0 saturated heterocycles. The van der Waals surface area contributed by atoms with Crippen LogP contribution in [0.4, 0.5) is 0 Å².